The van der Waals surface area contributed by atoms with E-state index in [9.17, 15) is 19.5 Å². The second kappa shape index (κ2) is 13.0. The number of rotatable bonds is 9. The topological polar surface area (TPSA) is 116 Å². The summed E-state index contributed by atoms with van der Waals surface area (Å²) in [6.45, 7) is 23.0. The first kappa shape index (κ1) is 36.0. The third-order valence-electron chi connectivity index (χ3n) is 7.76. The Morgan fingerprint density at radius 2 is 1.64 bits per heavy atom. The van der Waals surface area contributed by atoms with E-state index in [1.165, 1.54) is 15.9 Å². The molecule has 4 rings (SSSR count). The number of aryl methyl sites for hydroxylation is 1. The standard InChI is InChI=1S/C36H48N4O6S/c1-21(2)22(3)38(12)19-23-15-24(13-14-36(10,11)44)26-18-28(39(27(26)16-23)32(42)45-34(4,5)6)30-31-29(17-25(20-41)47-31)40(37-30)33(43)46-35(7,8)9/h15-18,20,22,44H,1,13-14,19H2,2-12H3. The van der Waals surface area contributed by atoms with E-state index in [4.69, 9.17) is 14.6 Å². The molecule has 0 aliphatic rings. The summed E-state index contributed by atoms with van der Waals surface area (Å²) >= 11 is 1.18. The molecule has 0 aliphatic carbocycles. The smallest absolute Gasteiger partial charge is 0.435 e. The van der Waals surface area contributed by atoms with Crippen molar-refractivity contribution in [1.82, 2.24) is 19.2 Å². The van der Waals surface area contributed by atoms with E-state index in [0.717, 1.165) is 33.1 Å². The lowest BCUT2D eigenvalue weighted by molar-refractivity contribution is 0.0520. The maximum absolute atomic E-state index is 14.1. The van der Waals surface area contributed by atoms with Crippen molar-refractivity contribution < 1.29 is 29.0 Å². The van der Waals surface area contributed by atoms with Crippen LogP contribution in [-0.4, -0.2) is 72.7 Å². The number of carbonyl (C=O) groups is 3. The summed E-state index contributed by atoms with van der Waals surface area (Å²) in [5, 5.41) is 16.1. The predicted molar refractivity (Wildman–Crippen MR) is 188 cm³/mol. The number of thiophene rings is 1. The van der Waals surface area contributed by atoms with Crippen LogP contribution in [0.25, 0.3) is 32.5 Å². The molecule has 1 atom stereocenters. The predicted octanol–water partition coefficient (Wildman–Crippen LogP) is 8.20. The first-order chi connectivity index (χ1) is 21.6. The fourth-order valence-electron chi connectivity index (χ4n) is 5.26. The van der Waals surface area contributed by atoms with Crippen LogP contribution in [0, 0.1) is 0 Å². The molecule has 1 unspecified atom stereocenters. The van der Waals surface area contributed by atoms with E-state index >= 15 is 0 Å². The summed E-state index contributed by atoms with van der Waals surface area (Å²) in [5.41, 5.74) is 2.21. The molecule has 10 nitrogen and oxygen atoms in total. The molecular weight excluding hydrogens is 616 g/mol. The Morgan fingerprint density at radius 1 is 1.02 bits per heavy atom. The molecule has 47 heavy (non-hydrogen) atoms. The number of likely N-dealkylation sites (N-methyl/N-ethyl adjacent to an activating group) is 1. The molecule has 254 valence electrons. The summed E-state index contributed by atoms with van der Waals surface area (Å²) in [5.74, 6) is 0. The Morgan fingerprint density at radius 3 is 2.19 bits per heavy atom. The summed E-state index contributed by atoms with van der Waals surface area (Å²) in [7, 11) is 2.03. The monoisotopic (exact) mass is 664 g/mol. The quantitative estimate of drug-likeness (QED) is 0.141. The Kier molecular flexibility index (Phi) is 9.98. The zero-order valence-corrected chi connectivity index (χ0v) is 30.3. The molecule has 1 N–H and O–H groups in total. The normalized spacial score (nSPS) is 13.4. The number of fused-ring (bicyclic) bond motifs is 2. The molecule has 0 fully saturated rings. The van der Waals surface area contributed by atoms with Gasteiger partial charge < -0.3 is 14.6 Å². The average Bonchev–Trinajstić information content (AvgIpc) is 3.60. The highest BCUT2D eigenvalue weighted by Crippen LogP contribution is 2.39. The van der Waals surface area contributed by atoms with Crippen molar-refractivity contribution in [2.24, 2.45) is 0 Å². The summed E-state index contributed by atoms with van der Waals surface area (Å²) in [6, 6.07) is 7.69. The minimum atomic E-state index is -0.912. The van der Waals surface area contributed by atoms with Crippen molar-refractivity contribution >= 4 is 50.9 Å². The first-order valence-electron chi connectivity index (χ1n) is 15.8. The number of nitrogens with zero attached hydrogens (tertiary/aromatic N) is 4. The van der Waals surface area contributed by atoms with Crippen LogP contribution in [0.5, 0.6) is 0 Å². The van der Waals surface area contributed by atoms with E-state index < -0.39 is 29.0 Å². The van der Waals surface area contributed by atoms with Gasteiger partial charge in [0.1, 0.15) is 16.9 Å². The van der Waals surface area contributed by atoms with Gasteiger partial charge in [-0.1, -0.05) is 18.2 Å². The van der Waals surface area contributed by atoms with Gasteiger partial charge in [0, 0.05) is 18.0 Å². The highest BCUT2D eigenvalue weighted by molar-refractivity contribution is 7.21. The average molecular weight is 665 g/mol. The van der Waals surface area contributed by atoms with Crippen LogP contribution in [0.4, 0.5) is 9.59 Å². The van der Waals surface area contributed by atoms with Gasteiger partial charge in [0.2, 0.25) is 0 Å². The molecule has 0 saturated heterocycles. The number of hydrogen-bond donors (Lipinski definition) is 1. The summed E-state index contributed by atoms with van der Waals surface area (Å²) in [6.07, 6.45) is 0.444. The molecule has 0 spiro atoms. The highest BCUT2D eigenvalue weighted by atomic mass is 32.1. The highest BCUT2D eigenvalue weighted by Gasteiger charge is 2.30. The number of benzene rings is 1. The van der Waals surface area contributed by atoms with E-state index in [1.54, 1.807) is 61.5 Å². The second-order valence-electron chi connectivity index (χ2n) is 15.0. The molecule has 0 bridgehead atoms. The number of hydrogen-bond acceptors (Lipinski definition) is 9. The molecule has 4 aromatic rings. The molecule has 0 saturated carbocycles. The van der Waals surface area contributed by atoms with Gasteiger partial charge in [-0.25, -0.2) is 14.2 Å². The summed E-state index contributed by atoms with van der Waals surface area (Å²) < 4.78 is 14.8. The number of ether oxygens (including phenoxy) is 2. The zero-order valence-electron chi connectivity index (χ0n) is 29.5. The van der Waals surface area contributed by atoms with Crippen LogP contribution < -0.4 is 0 Å². The number of aromatic nitrogens is 3. The van der Waals surface area contributed by atoms with Crippen molar-refractivity contribution in [2.45, 2.75) is 111 Å². The fraction of sp³-hybridized carbons (Fsp3) is 0.500. The molecule has 0 aliphatic heterocycles. The Labute approximate surface area is 280 Å². The molecule has 3 aromatic heterocycles. The molecule has 0 radical (unpaired) electrons. The fourth-order valence-corrected chi connectivity index (χ4v) is 6.20. The molecule has 1 aromatic carbocycles. The SMILES string of the molecule is C=C(C)C(C)N(C)Cc1cc(CCC(C)(C)O)c2cc(-c3nn(C(=O)OC(C)(C)C)c4cc(C=O)sc34)n(C(=O)OC(C)(C)C)c2c1. The van der Waals surface area contributed by atoms with Crippen molar-refractivity contribution in [3.63, 3.8) is 0 Å². The van der Waals surface area contributed by atoms with Gasteiger partial charge in [-0.05, 0) is 118 Å². The molecule has 11 heteroatoms. The maximum atomic E-state index is 14.1. The Hall–Kier alpha value is -3.80. The Balaban J connectivity index is 2.05. The minimum Gasteiger partial charge on any atom is -0.443 e. The van der Waals surface area contributed by atoms with Crippen molar-refractivity contribution in [1.29, 1.82) is 0 Å². The van der Waals surface area contributed by atoms with E-state index in [-0.39, 0.29) is 6.04 Å². The molecular formula is C36H48N4O6S. The lowest BCUT2D eigenvalue weighted by atomic mass is 9.95. The summed E-state index contributed by atoms with van der Waals surface area (Å²) in [4.78, 5) is 41.9. The van der Waals surface area contributed by atoms with E-state index in [1.807, 2.05) is 26.1 Å². The minimum absolute atomic E-state index is 0.120. The van der Waals surface area contributed by atoms with Crippen LogP contribution >= 0.6 is 11.3 Å². The Bertz CT molecular complexity index is 1840. The second-order valence-corrected chi connectivity index (χ2v) is 16.1. The van der Waals surface area contributed by atoms with Gasteiger partial charge in [-0.3, -0.25) is 9.69 Å². The lowest BCUT2D eigenvalue weighted by Gasteiger charge is -2.26. The van der Waals surface area contributed by atoms with Gasteiger partial charge in [0.05, 0.1) is 31.9 Å². The van der Waals surface area contributed by atoms with Crippen LogP contribution in [-0.2, 0) is 22.4 Å². The van der Waals surface area contributed by atoms with E-state index in [0.29, 0.717) is 51.4 Å². The lowest BCUT2D eigenvalue weighted by Crippen LogP contribution is -2.29. The van der Waals surface area contributed by atoms with Gasteiger partial charge in [0.25, 0.3) is 0 Å². The maximum Gasteiger partial charge on any atom is 0.435 e. The van der Waals surface area contributed by atoms with Gasteiger partial charge in [0.15, 0.2) is 6.29 Å². The van der Waals surface area contributed by atoms with Crippen molar-refractivity contribution in [3.05, 3.63) is 52.4 Å². The van der Waals surface area contributed by atoms with Crippen LogP contribution in [0.3, 0.4) is 0 Å². The van der Waals surface area contributed by atoms with Gasteiger partial charge >= 0.3 is 12.2 Å². The number of aliphatic hydroxyl groups is 1. The van der Waals surface area contributed by atoms with Gasteiger partial charge in [-0.15, -0.1) is 11.3 Å². The third-order valence-corrected chi connectivity index (χ3v) is 8.81. The number of aldehydes is 1. The zero-order chi connectivity index (χ0) is 35.2. The first-order valence-corrected chi connectivity index (χ1v) is 16.6. The third kappa shape index (κ3) is 8.38. The van der Waals surface area contributed by atoms with Crippen LogP contribution in [0.2, 0.25) is 0 Å². The van der Waals surface area contributed by atoms with Crippen LogP contribution in [0.1, 0.15) is 96.5 Å². The molecule has 0 amide bonds. The number of carbonyl (C=O) groups excluding carboxylic acids is 3. The molecule has 3 heterocycles. The van der Waals surface area contributed by atoms with Crippen LogP contribution in [0.15, 0.2) is 36.4 Å². The van der Waals surface area contributed by atoms with Crippen molar-refractivity contribution in [2.75, 3.05) is 7.05 Å². The van der Waals surface area contributed by atoms with Crippen molar-refractivity contribution in [3.8, 4) is 11.4 Å². The largest absolute Gasteiger partial charge is 0.443 e. The van der Waals surface area contributed by atoms with E-state index in [2.05, 4.69) is 24.5 Å². The van der Waals surface area contributed by atoms with Gasteiger partial charge in [-0.2, -0.15) is 9.78 Å².